The zero-order valence-corrected chi connectivity index (χ0v) is 7.71. The number of hydrogen-bond acceptors (Lipinski definition) is 3. The highest BCUT2D eigenvalue weighted by molar-refractivity contribution is 7.64. The van der Waals surface area contributed by atoms with Gasteiger partial charge in [-0.05, 0) is 12.1 Å². The van der Waals surface area contributed by atoms with Gasteiger partial charge in [0.1, 0.15) is 11.3 Å². The molecule has 0 saturated carbocycles. The van der Waals surface area contributed by atoms with Gasteiger partial charge < -0.3 is 9.63 Å². The van der Waals surface area contributed by atoms with Gasteiger partial charge >= 0.3 is 5.97 Å². The molecule has 1 rings (SSSR count). The molecule has 12 heavy (non-hydrogen) atoms. The fourth-order valence-corrected chi connectivity index (χ4v) is 1.13. The third kappa shape index (κ3) is 2.10. The average molecular weight is 205 g/mol. The monoisotopic (exact) mass is 204 g/mol. The lowest BCUT2D eigenvalue weighted by atomic mass is 10.2. The normalized spacial score (nSPS) is 10.4. The Hall–Kier alpha value is -0.790. The third-order valence-corrected chi connectivity index (χ3v) is 1.75. The van der Waals surface area contributed by atoms with E-state index in [2.05, 4.69) is 4.52 Å². The second kappa shape index (κ2) is 4.29. The van der Waals surface area contributed by atoms with Crippen molar-refractivity contribution in [3.63, 3.8) is 0 Å². The number of halogens is 1. The zero-order valence-electron chi connectivity index (χ0n) is 5.95. The molecule has 0 aromatic heterocycles. The number of carbonyl (C=O) groups excluding carboxylic acids is 1. The maximum Gasteiger partial charge on any atom is 0.345 e. The van der Waals surface area contributed by atoms with E-state index in [4.69, 9.17) is 16.3 Å². The first-order valence-corrected chi connectivity index (χ1v) is 5.02. The Kier molecular flexibility index (Phi) is 3.32. The van der Waals surface area contributed by atoms with Crippen LogP contribution < -0.4 is 0 Å². The summed E-state index contributed by atoms with van der Waals surface area (Å²) in [5, 5.41) is 9.17. The summed E-state index contributed by atoms with van der Waals surface area (Å²) in [6.07, 6.45) is 0. The number of hydrogen-bond donors (Lipinski definition) is 1. The standard InChI is InChI=1S/C7H6ClO3P/c8-12-11-7(10)5-3-1-2-4-6(5)9/h1-4,9,12H. The van der Waals surface area contributed by atoms with Crippen LogP contribution in [0.1, 0.15) is 10.4 Å². The van der Waals surface area contributed by atoms with Crippen molar-refractivity contribution in [2.45, 2.75) is 0 Å². The first-order valence-electron chi connectivity index (χ1n) is 3.10. The van der Waals surface area contributed by atoms with Gasteiger partial charge in [0, 0.05) is 0 Å². The van der Waals surface area contributed by atoms with Gasteiger partial charge in [-0.25, -0.2) is 4.79 Å². The van der Waals surface area contributed by atoms with Crippen molar-refractivity contribution in [2.75, 3.05) is 0 Å². The van der Waals surface area contributed by atoms with Gasteiger partial charge in [0.05, 0.1) is 0 Å². The summed E-state index contributed by atoms with van der Waals surface area (Å²) in [7, 11) is -0.428. The van der Waals surface area contributed by atoms with Crippen LogP contribution in [0.25, 0.3) is 0 Å². The Morgan fingerprint density at radius 2 is 2.17 bits per heavy atom. The van der Waals surface area contributed by atoms with Crippen molar-refractivity contribution in [1.82, 2.24) is 0 Å². The van der Waals surface area contributed by atoms with Gasteiger partial charge in [-0.2, -0.15) is 0 Å². The Balaban J connectivity index is 2.87. The Bertz CT molecular complexity index is 290. The molecule has 5 heteroatoms. The van der Waals surface area contributed by atoms with Crippen LogP contribution in [0.3, 0.4) is 0 Å². The summed E-state index contributed by atoms with van der Waals surface area (Å²) in [5.74, 6) is -0.709. The molecule has 0 bridgehead atoms. The Morgan fingerprint density at radius 3 is 2.75 bits per heavy atom. The van der Waals surface area contributed by atoms with Crippen molar-refractivity contribution in [3.05, 3.63) is 29.8 Å². The molecular weight excluding hydrogens is 199 g/mol. The van der Waals surface area contributed by atoms with Gasteiger partial charge in [0.2, 0.25) is 0 Å². The molecule has 0 aliphatic heterocycles. The van der Waals surface area contributed by atoms with Crippen LogP contribution in [0.4, 0.5) is 0 Å². The molecule has 0 saturated heterocycles. The van der Waals surface area contributed by atoms with E-state index in [1.165, 1.54) is 12.1 Å². The summed E-state index contributed by atoms with van der Waals surface area (Å²) in [6, 6.07) is 6.13. The quantitative estimate of drug-likeness (QED) is 0.752. The highest BCUT2D eigenvalue weighted by Gasteiger charge is 2.10. The first-order chi connectivity index (χ1) is 5.75. The second-order valence-corrected chi connectivity index (χ2v) is 2.81. The Morgan fingerprint density at radius 1 is 1.50 bits per heavy atom. The van der Waals surface area contributed by atoms with Crippen molar-refractivity contribution in [3.8, 4) is 5.75 Å². The van der Waals surface area contributed by atoms with Gasteiger partial charge in [0.15, 0.2) is 8.16 Å². The van der Waals surface area contributed by atoms with Crippen LogP contribution in [0, 0.1) is 0 Å². The van der Waals surface area contributed by atoms with Crippen LogP contribution in [-0.2, 0) is 4.52 Å². The van der Waals surface area contributed by atoms with Gasteiger partial charge in [-0.3, -0.25) is 0 Å². The van der Waals surface area contributed by atoms with Crippen LogP contribution in [0.15, 0.2) is 24.3 Å². The number of aromatic hydroxyl groups is 1. The molecule has 3 nitrogen and oxygen atoms in total. The van der Waals surface area contributed by atoms with Crippen LogP contribution in [-0.4, -0.2) is 11.1 Å². The van der Waals surface area contributed by atoms with Crippen LogP contribution >= 0.6 is 19.4 Å². The fourth-order valence-electron chi connectivity index (χ4n) is 0.736. The highest BCUT2D eigenvalue weighted by Crippen LogP contribution is 2.23. The van der Waals surface area contributed by atoms with Crippen molar-refractivity contribution in [1.29, 1.82) is 0 Å². The van der Waals surface area contributed by atoms with Gasteiger partial charge in [-0.1, -0.05) is 23.4 Å². The maximum atomic E-state index is 11.0. The van der Waals surface area contributed by atoms with E-state index in [1.54, 1.807) is 12.1 Å². The zero-order chi connectivity index (χ0) is 8.97. The summed E-state index contributed by atoms with van der Waals surface area (Å²) in [5.41, 5.74) is 0.130. The number of benzene rings is 1. The lowest BCUT2D eigenvalue weighted by molar-refractivity contribution is 0.0761. The summed E-state index contributed by atoms with van der Waals surface area (Å²) < 4.78 is 4.50. The minimum Gasteiger partial charge on any atom is -0.507 e. The van der Waals surface area contributed by atoms with Crippen LogP contribution in [0.5, 0.6) is 5.75 Å². The maximum absolute atomic E-state index is 11.0. The molecule has 0 aliphatic carbocycles. The summed E-state index contributed by atoms with van der Waals surface area (Å²) in [4.78, 5) is 11.0. The molecule has 1 aromatic carbocycles. The number of rotatable bonds is 2. The molecule has 0 radical (unpaired) electrons. The van der Waals surface area contributed by atoms with E-state index < -0.39 is 14.1 Å². The molecule has 0 fully saturated rings. The molecular formula is C7H6ClO3P. The van der Waals surface area contributed by atoms with Crippen molar-refractivity contribution < 1.29 is 14.4 Å². The van der Waals surface area contributed by atoms with E-state index in [-0.39, 0.29) is 11.3 Å². The largest absolute Gasteiger partial charge is 0.507 e. The minimum absolute atomic E-state index is 0.0996. The first kappa shape index (κ1) is 9.30. The lowest BCUT2D eigenvalue weighted by Gasteiger charge is -2.01. The van der Waals surface area contributed by atoms with Crippen LogP contribution in [0.2, 0.25) is 0 Å². The SMILES string of the molecule is O=C(OPCl)c1ccccc1O. The predicted octanol–water partition coefficient (Wildman–Crippen LogP) is 2.30. The van der Waals surface area contributed by atoms with E-state index in [9.17, 15) is 4.79 Å². The van der Waals surface area contributed by atoms with Gasteiger partial charge in [-0.15, -0.1) is 0 Å². The second-order valence-electron chi connectivity index (χ2n) is 1.98. The van der Waals surface area contributed by atoms with Gasteiger partial charge in [0.25, 0.3) is 0 Å². The Labute approximate surface area is 76.0 Å². The summed E-state index contributed by atoms with van der Waals surface area (Å²) >= 11 is 5.20. The molecule has 0 heterocycles. The number of para-hydroxylation sites is 1. The lowest BCUT2D eigenvalue weighted by Crippen LogP contribution is -1.97. The molecule has 0 spiro atoms. The number of phenols is 1. The molecule has 1 aromatic rings. The van der Waals surface area contributed by atoms with E-state index >= 15 is 0 Å². The average Bonchev–Trinajstić information content (AvgIpc) is 2.05. The predicted molar refractivity (Wildman–Crippen MR) is 47.7 cm³/mol. The topological polar surface area (TPSA) is 46.5 Å². The minimum atomic E-state index is -0.610. The molecule has 0 aliphatic rings. The third-order valence-electron chi connectivity index (χ3n) is 1.26. The molecule has 1 atom stereocenters. The fraction of sp³-hybridized carbons (Fsp3) is 0. The smallest absolute Gasteiger partial charge is 0.345 e. The van der Waals surface area contributed by atoms with E-state index in [0.29, 0.717) is 0 Å². The molecule has 1 unspecified atom stereocenters. The number of carbonyl (C=O) groups is 1. The molecule has 0 amide bonds. The van der Waals surface area contributed by atoms with Crippen molar-refractivity contribution >= 4 is 25.4 Å². The summed E-state index contributed by atoms with van der Waals surface area (Å²) in [6.45, 7) is 0. The molecule has 1 N–H and O–H groups in total. The number of phenolic OH excluding ortho intramolecular Hbond substituents is 1. The van der Waals surface area contributed by atoms with Crippen molar-refractivity contribution in [2.24, 2.45) is 0 Å². The highest BCUT2D eigenvalue weighted by atomic mass is 35.7. The van der Waals surface area contributed by atoms with E-state index in [1.807, 2.05) is 0 Å². The molecule has 64 valence electrons. The van der Waals surface area contributed by atoms with E-state index in [0.717, 1.165) is 0 Å².